The molecule has 0 N–H and O–H groups in total. The Kier molecular flexibility index (Phi) is 23.8. The summed E-state index contributed by atoms with van der Waals surface area (Å²) in [4.78, 5) is 0. The van der Waals surface area contributed by atoms with Gasteiger partial charge in [-0.05, 0) is 0 Å². The zero-order valence-electron chi connectivity index (χ0n) is 9.61. The molecule has 2 rings (SSSR count). The SMILES string of the molecule is C[CH-]C.[Cl][Zr][Cl].c1cc[cH-]c1.c1cc[cH-]c1. The first-order chi connectivity index (χ1) is 7.83. The van der Waals surface area contributed by atoms with E-state index in [9.17, 15) is 0 Å². The third-order valence-electron chi connectivity index (χ3n) is 1.11. The Labute approximate surface area is 118 Å². The molecule has 0 heterocycles. The molecule has 0 nitrogen and oxygen atoms in total. The fraction of sp³-hybridized carbons (Fsp3) is 0.154. The summed E-state index contributed by atoms with van der Waals surface area (Å²) in [6.45, 7) is 4.00. The van der Waals surface area contributed by atoms with Gasteiger partial charge in [0.2, 0.25) is 0 Å². The Hall–Kier alpha value is 0.163. The number of hydrogen-bond acceptors (Lipinski definition) is 0. The average Bonchev–Trinajstić information content (AvgIpc) is 3.00. The molecule has 90 valence electrons. The smallest absolute Gasteiger partial charge is 0.172 e. The van der Waals surface area contributed by atoms with Gasteiger partial charge in [0.25, 0.3) is 0 Å². The van der Waals surface area contributed by atoms with E-state index in [1.165, 1.54) is 0 Å². The van der Waals surface area contributed by atoms with E-state index in [4.69, 9.17) is 17.0 Å². The molecule has 0 aliphatic heterocycles. The van der Waals surface area contributed by atoms with Gasteiger partial charge in [-0.2, -0.15) is 50.2 Å². The van der Waals surface area contributed by atoms with E-state index >= 15 is 0 Å². The molecule has 0 unspecified atom stereocenters. The summed E-state index contributed by atoms with van der Waals surface area (Å²) in [5.41, 5.74) is 0. The van der Waals surface area contributed by atoms with Crippen LogP contribution in [0.5, 0.6) is 0 Å². The fourth-order valence-electron chi connectivity index (χ4n) is 0.642. The Morgan fingerprint density at radius 2 is 1.00 bits per heavy atom. The van der Waals surface area contributed by atoms with Crippen LogP contribution in [-0.4, -0.2) is 0 Å². The maximum atomic E-state index is 4.93. The normalized spacial score (nSPS) is 7.00. The third kappa shape index (κ3) is 23.8. The Morgan fingerprint density at radius 3 is 1.06 bits per heavy atom. The summed E-state index contributed by atoms with van der Waals surface area (Å²) in [5, 5.41) is 0. The van der Waals surface area contributed by atoms with Crippen LogP contribution < -0.4 is 0 Å². The van der Waals surface area contributed by atoms with Gasteiger partial charge < -0.3 is 6.42 Å². The van der Waals surface area contributed by atoms with Crippen LogP contribution in [0.2, 0.25) is 0 Å². The first-order valence-corrected chi connectivity index (χ1v) is 11.2. The van der Waals surface area contributed by atoms with Gasteiger partial charge in [0.15, 0.2) is 0 Å². The van der Waals surface area contributed by atoms with E-state index < -0.39 is 20.8 Å². The van der Waals surface area contributed by atoms with Crippen LogP contribution in [0.1, 0.15) is 13.8 Å². The molecule has 0 bridgehead atoms. The van der Waals surface area contributed by atoms with Crippen LogP contribution in [0, 0.1) is 6.42 Å². The van der Waals surface area contributed by atoms with Crippen molar-refractivity contribution in [1.82, 2.24) is 0 Å². The standard InChI is InChI=1S/2C5H5.C3H7.2ClH.Zr/c2*1-2-4-5-3-1;1-3-2;;;/h2*1-5H;3H,1-2H3;2*1H;/q3*-1;;;+2/p-2. The van der Waals surface area contributed by atoms with Crippen LogP contribution in [0.25, 0.3) is 0 Å². The van der Waals surface area contributed by atoms with Gasteiger partial charge in [0, 0.05) is 0 Å². The van der Waals surface area contributed by atoms with Gasteiger partial charge >= 0.3 is 37.9 Å². The predicted molar refractivity (Wildman–Crippen MR) is 71.4 cm³/mol. The first kappa shape index (κ1) is 18.5. The Bertz CT molecular complexity index is 176. The number of rotatable bonds is 0. The first-order valence-electron chi connectivity index (χ1n) is 4.87. The van der Waals surface area contributed by atoms with Gasteiger partial charge in [0.1, 0.15) is 0 Å². The minimum Gasteiger partial charge on any atom is -0.214 e. The van der Waals surface area contributed by atoms with Crippen LogP contribution >= 0.6 is 17.0 Å². The van der Waals surface area contributed by atoms with E-state index in [1.807, 2.05) is 80.9 Å². The van der Waals surface area contributed by atoms with Crippen molar-refractivity contribution in [3.63, 3.8) is 0 Å². The molecule has 16 heavy (non-hydrogen) atoms. The molecule has 2 aromatic carbocycles. The summed E-state index contributed by atoms with van der Waals surface area (Å²) < 4.78 is 0. The van der Waals surface area contributed by atoms with Gasteiger partial charge in [-0.15, -0.1) is 0 Å². The third-order valence-corrected chi connectivity index (χ3v) is 1.11. The summed E-state index contributed by atoms with van der Waals surface area (Å²) in [6.07, 6.45) is 2.00. The van der Waals surface area contributed by atoms with Crippen molar-refractivity contribution in [3.8, 4) is 0 Å². The van der Waals surface area contributed by atoms with E-state index in [0.717, 1.165) is 0 Å². The molecule has 0 atom stereocenters. The maximum absolute atomic E-state index is 4.93. The second-order valence-electron chi connectivity index (χ2n) is 2.57. The average molecular weight is 335 g/mol. The summed E-state index contributed by atoms with van der Waals surface area (Å²) in [7, 11) is 9.87. The van der Waals surface area contributed by atoms with Crippen molar-refractivity contribution < 1.29 is 20.8 Å². The van der Waals surface area contributed by atoms with E-state index in [0.29, 0.717) is 0 Å². The topological polar surface area (TPSA) is 0 Å². The van der Waals surface area contributed by atoms with Crippen molar-refractivity contribution in [2.24, 2.45) is 0 Å². The maximum Gasteiger partial charge on any atom is -0.172 e. The van der Waals surface area contributed by atoms with Crippen LogP contribution in [-0.2, 0) is 20.8 Å². The number of hydrogen-bond donors (Lipinski definition) is 0. The van der Waals surface area contributed by atoms with E-state index in [1.54, 1.807) is 0 Å². The molecule has 0 aliphatic rings. The van der Waals surface area contributed by atoms with Gasteiger partial charge in [0.05, 0.1) is 0 Å². The Morgan fingerprint density at radius 1 is 0.812 bits per heavy atom. The summed E-state index contributed by atoms with van der Waals surface area (Å²) in [6, 6.07) is 20.0. The van der Waals surface area contributed by atoms with Crippen LogP contribution in [0.4, 0.5) is 0 Å². The molecular formula is C13H17Cl2Zr-3. The minimum atomic E-state index is -0.826. The Balaban J connectivity index is 0. The predicted octanol–water partition coefficient (Wildman–Crippen LogP) is 5.42. The quantitative estimate of drug-likeness (QED) is 0.564. The molecule has 2 aromatic rings. The summed E-state index contributed by atoms with van der Waals surface area (Å²) in [5.74, 6) is 0. The second-order valence-corrected chi connectivity index (χ2v) is 6.31. The van der Waals surface area contributed by atoms with Crippen LogP contribution in [0.3, 0.4) is 0 Å². The van der Waals surface area contributed by atoms with Crippen molar-refractivity contribution in [1.29, 1.82) is 0 Å². The number of halogens is 2. The zero-order chi connectivity index (χ0) is 12.5. The van der Waals surface area contributed by atoms with Crippen LogP contribution in [0.15, 0.2) is 60.7 Å². The van der Waals surface area contributed by atoms with Crippen molar-refractivity contribution in [3.05, 3.63) is 67.1 Å². The van der Waals surface area contributed by atoms with Gasteiger partial charge in [-0.1, -0.05) is 0 Å². The van der Waals surface area contributed by atoms with Crippen molar-refractivity contribution in [2.75, 3.05) is 0 Å². The molecule has 0 spiro atoms. The molecule has 0 aromatic heterocycles. The van der Waals surface area contributed by atoms with E-state index in [-0.39, 0.29) is 0 Å². The molecule has 0 fully saturated rings. The largest absolute Gasteiger partial charge is 0.214 e. The van der Waals surface area contributed by atoms with Crippen molar-refractivity contribution >= 4 is 17.0 Å². The molecule has 0 aliphatic carbocycles. The monoisotopic (exact) mass is 333 g/mol. The molecule has 3 heteroatoms. The van der Waals surface area contributed by atoms with Gasteiger partial charge in [-0.25, -0.2) is 24.3 Å². The second kappa shape index (κ2) is 20.6. The van der Waals surface area contributed by atoms with E-state index in [2.05, 4.69) is 0 Å². The summed E-state index contributed by atoms with van der Waals surface area (Å²) >= 11 is -0.826. The molecule has 0 amide bonds. The van der Waals surface area contributed by atoms with Gasteiger partial charge in [-0.3, -0.25) is 0 Å². The fourth-order valence-corrected chi connectivity index (χ4v) is 0.642. The van der Waals surface area contributed by atoms with Crippen molar-refractivity contribution in [2.45, 2.75) is 13.8 Å². The zero-order valence-corrected chi connectivity index (χ0v) is 13.6. The molecule has 0 saturated heterocycles. The minimum absolute atomic E-state index is 0.826. The molecule has 0 saturated carbocycles. The molecular weight excluding hydrogens is 318 g/mol. The molecule has 0 radical (unpaired) electrons.